The van der Waals surface area contributed by atoms with Crippen molar-refractivity contribution in [2.75, 3.05) is 5.32 Å². The number of hydrazone groups is 1. The number of fused-ring (bicyclic) bond motifs is 1. The Balaban J connectivity index is 1.59. The maximum absolute atomic E-state index is 11.9. The van der Waals surface area contributed by atoms with Gasteiger partial charge in [-0.3, -0.25) is 14.9 Å². The Morgan fingerprint density at radius 3 is 2.63 bits per heavy atom. The Bertz CT molecular complexity index is 1000. The first kappa shape index (κ1) is 18.6. The fourth-order valence-corrected chi connectivity index (χ4v) is 2.60. The van der Waals surface area contributed by atoms with Crippen molar-refractivity contribution in [1.29, 1.82) is 0 Å². The van der Waals surface area contributed by atoms with E-state index < -0.39 is 17.8 Å². The summed E-state index contributed by atoms with van der Waals surface area (Å²) in [4.78, 5) is 35.4. The van der Waals surface area contributed by atoms with E-state index in [9.17, 15) is 14.4 Å². The highest BCUT2D eigenvalue weighted by atomic mass is 35.5. The van der Waals surface area contributed by atoms with Crippen LogP contribution in [0.15, 0.2) is 53.6 Å². The van der Waals surface area contributed by atoms with Crippen molar-refractivity contribution in [1.82, 2.24) is 10.7 Å². The fourth-order valence-electron chi connectivity index (χ4n) is 2.29. The summed E-state index contributed by atoms with van der Waals surface area (Å²) in [6, 6.07) is 10.9. The number of nitrogens with one attached hydrogen (secondary N) is 3. The number of para-hydroxylation sites is 1. The first-order chi connectivity index (χ1) is 12.9. The molecule has 1 aliphatic rings. The number of carbonyl (C=O) groups is 3. The number of hydrogen-bond acceptors (Lipinski definition) is 4. The van der Waals surface area contributed by atoms with E-state index in [4.69, 9.17) is 23.2 Å². The van der Waals surface area contributed by atoms with E-state index in [1.807, 2.05) is 0 Å². The van der Waals surface area contributed by atoms with E-state index in [2.05, 4.69) is 21.2 Å². The fraction of sp³-hybridized carbons (Fsp3) is 0. The smallest absolute Gasteiger partial charge is 0.320 e. The predicted octanol–water partition coefficient (Wildman–Crippen LogP) is 3.19. The molecule has 9 heteroatoms. The van der Waals surface area contributed by atoms with Crippen molar-refractivity contribution < 1.29 is 14.4 Å². The summed E-state index contributed by atoms with van der Waals surface area (Å²) in [7, 11) is 0. The Labute approximate surface area is 164 Å². The van der Waals surface area contributed by atoms with Gasteiger partial charge in [0.05, 0.1) is 15.7 Å². The molecule has 2 aromatic rings. The Morgan fingerprint density at radius 2 is 1.85 bits per heavy atom. The van der Waals surface area contributed by atoms with Gasteiger partial charge in [0.15, 0.2) is 5.71 Å². The molecule has 27 heavy (non-hydrogen) atoms. The second kappa shape index (κ2) is 8.03. The number of rotatable bonds is 3. The maximum Gasteiger partial charge on any atom is 0.342 e. The third-order valence-electron chi connectivity index (χ3n) is 3.52. The molecule has 1 heterocycles. The van der Waals surface area contributed by atoms with Crippen LogP contribution in [0.4, 0.5) is 10.5 Å². The van der Waals surface area contributed by atoms with Gasteiger partial charge in [0.2, 0.25) is 0 Å². The molecule has 0 atom stereocenters. The van der Waals surface area contributed by atoms with Crippen LogP contribution < -0.4 is 16.1 Å². The highest BCUT2D eigenvalue weighted by Crippen LogP contribution is 2.23. The number of urea groups is 1. The largest absolute Gasteiger partial charge is 0.342 e. The minimum atomic E-state index is -0.872. The molecule has 2 aromatic carbocycles. The number of amides is 4. The van der Waals surface area contributed by atoms with E-state index in [0.29, 0.717) is 26.9 Å². The molecule has 0 unspecified atom stereocenters. The number of carbonyl (C=O) groups excluding carboxylic acids is 3. The van der Waals surface area contributed by atoms with Crippen LogP contribution in [-0.2, 0) is 9.59 Å². The van der Waals surface area contributed by atoms with E-state index in [-0.39, 0.29) is 5.71 Å². The lowest BCUT2D eigenvalue weighted by Crippen LogP contribution is -2.37. The number of anilines is 1. The van der Waals surface area contributed by atoms with Crippen molar-refractivity contribution in [3.8, 4) is 0 Å². The molecule has 0 saturated carbocycles. The lowest BCUT2D eigenvalue weighted by Gasteiger charge is -2.01. The van der Waals surface area contributed by atoms with Gasteiger partial charge in [-0.1, -0.05) is 47.5 Å². The quantitative estimate of drug-likeness (QED) is 0.542. The van der Waals surface area contributed by atoms with E-state index in [1.54, 1.807) is 42.5 Å². The Hall–Kier alpha value is -3.16. The molecule has 0 radical (unpaired) electrons. The number of halogens is 2. The number of nitrogens with zero attached hydrogens (tertiary/aromatic N) is 1. The highest BCUT2D eigenvalue weighted by Gasteiger charge is 2.25. The van der Waals surface area contributed by atoms with Gasteiger partial charge in [-0.05, 0) is 29.8 Å². The lowest BCUT2D eigenvalue weighted by atomic mass is 10.1. The molecule has 0 aromatic heterocycles. The summed E-state index contributed by atoms with van der Waals surface area (Å²) < 4.78 is 0. The second-order valence-electron chi connectivity index (χ2n) is 5.40. The van der Waals surface area contributed by atoms with Crippen LogP contribution in [0.25, 0.3) is 6.08 Å². The van der Waals surface area contributed by atoms with Crippen molar-refractivity contribution in [2.45, 2.75) is 0 Å². The summed E-state index contributed by atoms with van der Waals surface area (Å²) in [5.41, 5.74) is 3.98. The average Bonchev–Trinajstić information content (AvgIpc) is 2.96. The third kappa shape index (κ3) is 4.52. The van der Waals surface area contributed by atoms with Crippen molar-refractivity contribution in [3.63, 3.8) is 0 Å². The first-order valence-corrected chi connectivity index (χ1v) is 8.42. The van der Waals surface area contributed by atoms with Crippen LogP contribution in [0.3, 0.4) is 0 Å². The third-order valence-corrected chi connectivity index (χ3v) is 4.26. The summed E-state index contributed by atoms with van der Waals surface area (Å²) in [5.74, 6) is -1.11. The molecule has 3 N–H and O–H groups in total. The van der Waals surface area contributed by atoms with Gasteiger partial charge in [0.1, 0.15) is 0 Å². The predicted molar refractivity (Wildman–Crippen MR) is 104 cm³/mol. The van der Waals surface area contributed by atoms with Crippen molar-refractivity contribution >= 4 is 58.5 Å². The molecule has 0 aliphatic carbocycles. The molecular weight excluding hydrogens is 391 g/mol. The Morgan fingerprint density at radius 1 is 1.07 bits per heavy atom. The molecule has 4 amide bonds. The minimum absolute atomic E-state index is 0.0551. The first-order valence-electron chi connectivity index (χ1n) is 7.66. The molecule has 7 nitrogen and oxygen atoms in total. The molecule has 0 saturated heterocycles. The van der Waals surface area contributed by atoms with Crippen LogP contribution in [-0.4, -0.2) is 23.6 Å². The zero-order chi connectivity index (χ0) is 19.4. The van der Waals surface area contributed by atoms with Gasteiger partial charge in [-0.15, -0.1) is 0 Å². The average molecular weight is 403 g/mol. The summed E-state index contributed by atoms with van der Waals surface area (Å²) in [6.45, 7) is 0. The van der Waals surface area contributed by atoms with Gasteiger partial charge < -0.3 is 5.32 Å². The van der Waals surface area contributed by atoms with Gasteiger partial charge in [0.25, 0.3) is 11.8 Å². The van der Waals surface area contributed by atoms with Gasteiger partial charge >= 0.3 is 6.03 Å². The topological polar surface area (TPSA) is 99.7 Å². The van der Waals surface area contributed by atoms with Crippen LogP contribution in [0.1, 0.15) is 11.1 Å². The molecule has 0 bridgehead atoms. The van der Waals surface area contributed by atoms with Crippen molar-refractivity contribution in [2.24, 2.45) is 5.10 Å². The summed E-state index contributed by atoms with van der Waals surface area (Å²) in [5, 5.41) is 9.20. The van der Waals surface area contributed by atoms with Crippen LogP contribution in [0.2, 0.25) is 10.0 Å². The zero-order valence-electron chi connectivity index (χ0n) is 13.6. The summed E-state index contributed by atoms with van der Waals surface area (Å²) in [6.07, 6.45) is 2.63. The SMILES string of the molecule is O=C(/C=C/c1ccc(Cl)c(Cl)c1)NC(=O)N/N=C1\C(=O)Nc2ccccc21. The van der Waals surface area contributed by atoms with Crippen LogP contribution in [0, 0.1) is 0 Å². The minimum Gasteiger partial charge on any atom is -0.320 e. The second-order valence-corrected chi connectivity index (χ2v) is 6.21. The zero-order valence-corrected chi connectivity index (χ0v) is 15.1. The molecule has 3 rings (SSSR count). The van der Waals surface area contributed by atoms with Crippen molar-refractivity contribution in [3.05, 3.63) is 69.7 Å². The van der Waals surface area contributed by atoms with E-state index in [0.717, 1.165) is 6.08 Å². The molecule has 0 spiro atoms. The molecule has 0 fully saturated rings. The number of hydrogen-bond donors (Lipinski definition) is 3. The normalized spacial score (nSPS) is 14.1. The number of imide groups is 1. The maximum atomic E-state index is 11.9. The molecule has 1 aliphatic heterocycles. The lowest BCUT2D eigenvalue weighted by molar-refractivity contribution is -0.115. The monoisotopic (exact) mass is 402 g/mol. The van der Waals surface area contributed by atoms with E-state index >= 15 is 0 Å². The molecule has 136 valence electrons. The Kier molecular flexibility index (Phi) is 5.54. The van der Waals surface area contributed by atoms with Crippen LogP contribution >= 0.6 is 23.2 Å². The highest BCUT2D eigenvalue weighted by molar-refractivity contribution is 6.53. The summed E-state index contributed by atoms with van der Waals surface area (Å²) >= 11 is 11.7. The number of benzene rings is 2. The van der Waals surface area contributed by atoms with E-state index in [1.165, 1.54) is 6.08 Å². The van der Waals surface area contributed by atoms with Crippen LogP contribution in [0.5, 0.6) is 0 Å². The van der Waals surface area contributed by atoms with Gasteiger partial charge in [-0.2, -0.15) is 5.10 Å². The molecular formula is C18H12Cl2N4O3. The van der Waals surface area contributed by atoms with Gasteiger partial charge in [-0.25, -0.2) is 10.2 Å². The van der Waals surface area contributed by atoms with Gasteiger partial charge in [0, 0.05) is 11.6 Å². The standard InChI is InChI=1S/C18H12Cl2N4O3/c19-12-7-5-10(9-13(12)20)6-8-15(25)22-18(27)24-23-16-11-3-1-2-4-14(11)21-17(16)26/h1-9H,(H,21,23,26)(H2,22,24,25,27)/b8-6+.